The van der Waals surface area contributed by atoms with Crippen LogP contribution in [-0.4, -0.2) is 19.5 Å². The first-order valence-corrected chi connectivity index (χ1v) is 8.58. The molecule has 0 aliphatic carbocycles. The Balaban J connectivity index is 2.43. The van der Waals surface area contributed by atoms with E-state index in [-0.39, 0.29) is 24.8 Å². The predicted octanol–water partition coefficient (Wildman–Crippen LogP) is 3.86. The molecule has 2 aromatic rings. The van der Waals surface area contributed by atoms with Crippen LogP contribution in [-0.2, 0) is 10.0 Å². The van der Waals surface area contributed by atoms with Gasteiger partial charge in [0.15, 0.2) is 0 Å². The number of carboxylic acids is 1. The van der Waals surface area contributed by atoms with Crippen LogP contribution in [0.5, 0.6) is 0 Å². The smallest absolute Gasteiger partial charge is 0.346 e. The lowest BCUT2D eigenvalue weighted by Gasteiger charge is -2.09. The first-order chi connectivity index (χ1) is 9.72. The topological polar surface area (TPSA) is 83.5 Å². The van der Waals surface area contributed by atoms with Gasteiger partial charge in [0.2, 0.25) is 0 Å². The van der Waals surface area contributed by atoms with Crippen molar-refractivity contribution in [3.8, 4) is 0 Å². The molecule has 0 radical (unpaired) electrons. The van der Waals surface area contributed by atoms with Crippen molar-refractivity contribution in [1.29, 1.82) is 0 Å². The highest BCUT2D eigenvalue weighted by Gasteiger charge is 2.23. The first-order valence-electron chi connectivity index (χ1n) is 5.53. The number of halogens is 2. The SMILES string of the molecule is Cc1cc(NS(=O)(=O)c2c(Cl)cccc2Cl)sc1C(=O)O. The monoisotopic (exact) mass is 365 g/mol. The Hall–Kier alpha value is -1.28. The molecular weight excluding hydrogens is 357 g/mol. The van der Waals surface area contributed by atoms with Crippen molar-refractivity contribution in [2.45, 2.75) is 11.8 Å². The first kappa shape index (κ1) is 16.1. The molecule has 0 spiro atoms. The van der Waals surface area contributed by atoms with Crippen LogP contribution >= 0.6 is 34.5 Å². The van der Waals surface area contributed by atoms with Crippen molar-refractivity contribution < 1.29 is 18.3 Å². The molecule has 0 atom stereocenters. The van der Waals surface area contributed by atoms with E-state index >= 15 is 0 Å². The zero-order valence-electron chi connectivity index (χ0n) is 10.6. The van der Waals surface area contributed by atoms with E-state index < -0.39 is 16.0 Å². The molecule has 0 fully saturated rings. The van der Waals surface area contributed by atoms with E-state index in [2.05, 4.69) is 4.72 Å². The number of benzene rings is 1. The summed E-state index contributed by atoms with van der Waals surface area (Å²) in [5, 5.41) is 9.13. The molecule has 0 aliphatic heterocycles. The summed E-state index contributed by atoms with van der Waals surface area (Å²) in [5.41, 5.74) is 0.468. The van der Waals surface area contributed by atoms with Crippen LogP contribution in [0.2, 0.25) is 10.0 Å². The summed E-state index contributed by atoms with van der Waals surface area (Å²) in [6.45, 7) is 1.58. The molecule has 2 N–H and O–H groups in total. The molecule has 1 aromatic carbocycles. The third-order valence-electron chi connectivity index (χ3n) is 2.53. The van der Waals surface area contributed by atoms with Crippen LogP contribution in [0.1, 0.15) is 15.2 Å². The minimum atomic E-state index is -4.00. The predicted molar refractivity (Wildman–Crippen MR) is 83.3 cm³/mol. The van der Waals surface area contributed by atoms with Crippen molar-refractivity contribution >= 4 is 55.5 Å². The lowest BCUT2D eigenvalue weighted by atomic mass is 10.3. The zero-order valence-corrected chi connectivity index (χ0v) is 13.7. The molecule has 2 rings (SSSR count). The molecule has 112 valence electrons. The van der Waals surface area contributed by atoms with Gasteiger partial charge in [0.05, 0.1) is 10.0 Å². The number of carboxylic acid groups (broad SMARTS) is 1. The molecule has 1 aromatic heterocycles. The normalized spacial score (nSPS) is 11.4. The van der Waals surface area contributed by atoms with Gasteiger partial charge in [-0.2, -0.15) is 0 Å². The number of anilines is 1. The number of hydrogen-bond acceptors (Lipinski definition) is 4. The molecule has 0 bridgehead atoms. The molecule has 21 heavy (non-hydrogen) atoms. The maximum absolute atomic E-state index is 12.3. The van der Waals surface area contributed by atoms with Gasteiger partial charge in [-0.05, 0) is 30.7 Å². The number of carbonyl (C=O) groups is 1. The van der Waals surface area contributed by atoms with Crippen molar-refractivity contribution in [3.63, 3.8) is 0 Å². The van der Waals surface area contributed by atoms with E-state index in [0.29, 0.717) is 5.56 Å². The van der Waals surface area contributed by atoms with E-state index in [1.807, 2.05) is 0 Å². The Morgan fingerprint density at radius 1 is 1.29 bits per heavy atom. The average Bonchev–Trinajstić information content (AvgIpc) is 2.68. The number of rotatable bonds is 4. The van der Waals surface area contributed by atoms with Gasteiger partial charge < -0.3 is 5.11 Å². The van der Waals surface area contributed by atoms with Gasteiger partial charge >= 0.3 is 5.97 Å². The molecule has 0 saturated carbocycles. The van der Waals surface area contributed by atoms with Gasteiger partial charge in [0, 0.05) is 0 Å². The maximum atomic E-state index is 12.3. The fraction of sp³-hybridized carbons (Fsp3) is 0.0833. The second-order valence-electron chi connectivity index (χ2n) is 4.08. The van der Waals surface area contributed by atoms with E-state index in [9.17, 15) is 13.2 Å². The Bertz CT molecular complexity index is 794. The number of nitrogens with one attached hydrogen (secondary N) is 1. The molecule has 0 unspecified atom stereocenters. The molecule has 0 saturated heterocycles. The lowest BCUT2D eigenvalue weighted by Crippen LogP contribution is -2.13. The highest BCUT2D eigenvalue weighted by Crippen LogP contribution is 2.33. The highest BCUT2D eigenvalue weighted by atomic mass is 35.5. The fourth-order valence-corrected chi connectivity index (χ4v) is 5.01. The minimum absolute atomic E-state index is 0.0123. The van der Waals surface area contributed by atoms with Crippen molar-refractivity contribution in [3.05, 3.63) is 44.8 Å². The summed E-state index contributed by atoms with van der Waals surface area (Å²) >= 11 is 12.6. The molecule has 1 heterocycles. The summed E-state index contributed by atoms with van der Waals surface area (Å²) in [7, 11) is -4.00. The number of aryl methyl sites for hydroxylation is 1. The van der Waals surface area contributed by atoms with E-state index in [0.717, 1.165) is 11.3 Å². The number of hydrogen-bond donors (Lipinski definition) is 2. The Morgan fingerprint density at radius 2 is 1.86 bits per heavy atom. The average molecular weight is 366 g/mol. The van der Waals surface area contributed by atoms with Gasteiger partial charge in [-0.25, -0.2) is 13.2 Å². The summed E-state index contributed by atoms with van der Waals surface area (Å²) in [5.74, 6) is -1.11. The minimum Gasteiger partial charge on any atom is -0.477 e. The molecule has 0 amide bonds. The van der Waals surface area contributed by atoms with Gasteiger partial charge in [0.25, 0.3) is 10.0 Å². The molecule has 9 heteroatoms. The zero-order chi connectivity index (χ0) is 15.8. The third-order valence-corrected chi connectivity index (χ3v) is 6.12. The second-order valence-corrected chi connectivity index (χ2v) is 7.57. The van der Waals surface area contributed by atoms with Crippen LogP contribution in [0, 0.1) is 6.92 Å². The van der Waals surface area contributed by atoms with Crippen molar-refractivity contribution in [2.75, 3.05) is 4.72 Å². The summed E-state index contributed by atoms with van der Waals surface area (Å²) < 4.78 is 26.9. The van der Waals surface area contributed by atoms with E-state index in [1.54, 1.807) is 6.92 Å². The van der Waals surface area contributed by atoms with Crippen molar-refractivity contribution in [2.24, 2.45) is 0 Å². The number of sulfonamides is 1. The second kappa shape index (κ2) is 5.84. The number of aromatic carboxylic acids is 1. The molecular formula is C12H9Cl2NO4S2. The maximum Gasteiger partial charge on any atom is 0.346 e. The van der Waals surface area contributed by atoms with E-state index in [4.69, 9.17) is 28.3 Å². The Kier molecular flexibility index (Phi) is 4.48. The van der Waals surface area contributed by atoms with Gasteiger partial charge in [-0.3, -0.25) is 4.72 Å². The van der Waals surface area contributed by atoms with Crippen LogP contribution < -0.4 is 4.72 Å². The van der Waals surface area contributed by atoms with Gasteiger partial charge in [0.1, 0.15) is 14.8 Å². The van der Waals surface area contributed by atoms with Crippen LogP contribution in [0.25, 0.3) is 0 Å². The van der Waals surface area contributed by atoms with Crippen molar-refractivity contribution in [1.82, 2.24) is 0 Å². The highest BCUT2D eigenvalue weighted by molar-refractivity contribution is 7.93. The van der Waals surface area contributed by atoms with Gasteiger partial charge in [-0.1, -0.05) is 29.3 Å². The largest absolute Gasteiger partial charge is 0.477 e. The summed E-state index contributed by atoms with van der Waals surface area (Å²) in [4.78, 5) is 10.8. The fourth-order valence-electron chi connectivity index (χ4n) is 1.67. The summed E-state index contributed by atoms with van der Waals surface area (Å²) in [6, 6.07) is 5.78. The van der Waals surface area contributed by atoms with Gasteiger partial charge in [-0.15, -0.1) is 11.3 Å². The third kappa shape index (κ3) is 3.32. The van der Waals surface area contributed by atoms with Crippen LogP contribution in [0.4, 0.5) is 5.00 Å². The molecule has 0 aliphatic rings. The quantitative estimate of drug-likeness (QED) is 0.861. The van der Waals surface area contributed by atoms with E-state index in [1.165, 1.54) is 24.3 Å². The van der Waals surface area contributed by atoms with Crippen LogP contribution in [0.15, 0.2) is 29.2 Å². The molecule has 5 nitrogen and oxygen atoms in total. The Morgan fingerprint density at radius 3 is 2.33 bits per heavy atom. The van der Waals surface area contributed by atoms with Crippen LogP contribution in [0.3, 0.4) is 0 Å². The lowest BCUT2D eigenvalue weighted by molar-refractivity contribution is 0.0701. The standard InChI is InChI=1S/C12H9Cl2NO4S2/c1-6-5-9(20-10(6)12(16)17)15-21(18,19)11-7(13)3-2-4-8(11)14/h2-5,15H,1H3,(H,16,17). The summed E-state index contributed by atoms with van der Waals surface area (Å²) in [6.07, 6.45) is 0. The number of thiophene rings is 1. The Labute approximate surface area is 135 Å².